The minimum Gasteiger partial charge on any atom is -0.494 e. The number of thiazole rings is 1. The summed E-state index contributed by atoms with van der Waals surface area (Å²) in [6.07, 6.45) is 8.55. The predicted octanol–water partition coefficient (Wildman–Crippen LogP) is 6.85. The molecule has 6 aromatic rings. The molecule has 0 saturated heterocycles. The fourth-order valence-corrected chi connectivity index (χ4v) is 5.77. The first-order valence-corrected chi connectivity index (χ1v) is 15.9. The molecule has 0 atom stereocenters. The lowest BCUT2D eigenvalue weighted by Gasteiger charge is -2.11. The topological polar surface area (TPSA) is 83.5 Å². The summed E-state index contributed by atoms with van der Waals surface area (Å²) in [4.78, 5) is 18.6. The Balaban J connectivity index is 1.33. The van der Waals surface area contributed by atoms with Crippen LogP contribution in [0.2, 0.25) is 0 Å². The number of hydrogen-bond acceptors (Lipinski definition) is 7. The van der Waals surface area contributed by atoms with E-state index in [4.69, 9.17) is 14.6 Å². The molecule has 0 aliphatic heterocycles. The molecule has 9 heteroatoms. The first-order chi connectivity index (χ1) is 21.9. The highest BCUT2D eigenvalue weighted by Gasteiger charge is 2.15. The van der Waals surface area contributed by atoms with E-state index in [2.05, 4.69) is 30.0 Å². The average Bonchev–Trinajstić information content (AvgIpc) is 3.72. The molecule has 0 saturated carbocycles. The molecule has 6 rings (SSSR count). The lowest BCUT2D eigenvalue weighted by molar-refractivity contribution is 0.288. The Kier molecular flexibility index (Phi) is 8.89. The van der Waals surface area contributed by atoms with E-state index < -0.39 is 0 Å². The Hall–Kier alpha value is -5.02. The second-order valence-corrected chi connectivity index (χ2v) is 12.1. The van der Waals surface area contributed by atoms with Crippen LogP contribution in [-0.4, -0.2) is 37.6 Å². The molecule has 3 aromatic heterocycles. The van der Waals surface area contributed by atoms with Gasteiger partial charge in [0.1, 0.15) is 17.2 Å². The van der Waals surface area contributed by atoms with Gasteiger partial charge in [0.15, 0.2) is 5.82 Å². The number of nitrogens with zero attached hydrogens (tertiary/aromatic N) is 5. The van der Waals surface area contributed by atoms with E-state index >= 15 is 0 Å². The number of para-hydroxylation sites is 1. The van der Waals surface area contributed by atoms with Crippen molar-refractivity contribution in [3.8, 4) is 28.4 Å². The van der Waals surface area contributed by atoms with E-state index in [9.17, 15) is 4.79 Å². The van der Waals surface area contributed by atoms with E-state index in [0.29, 0.717) is 34.4 Å². The van der Waals surface area contributed by atoms with Gasteiger partial charge in [0.05, 0.1) is 23.4 Å². The normalized spacial score (nSPS) is 12.2. The van der Waals surface area contributed by atoms with Gasteiger partial charge in [-0.1, -0.05) is 61.6 Å². The molecule has 3 aromatic carbocycles. The summed E-state index contributed by atoms with van der Waals surface area (Å²) in [6, 6.07) is 23.8. The molecule has 0 spiro atoms. The molecule has 0 N–H and O–H groups in total. The minimum atomic E-state index is -0.216. The van der Waals surface area contributed by atoms with Crippen molar-refractivity contribution < 1.29 is 9.47 Å². The number of benzene rings is 3. The molecule has 0 bridgehead atoms. The summed E-state index contributed by atoms with van der Waals surface area (Å²) in [7, 11) is 0. The first kappa shape index (κ1) is 30.0. The van der Waals surface area contributed by atoms with E-state index in [1.165, 1.54) is 15.9 Å². The molecule has 0 aliphatic carbocycles. The van der Waals surface area contributed by atoms with Crippen molar-refractivity contribution in [3.05, 3.63) is 116 Å². The van der Waals surface area contributed by atoms with Crippen LogP contribution in [-0.2, 0) is 0 Å². The molecule has 228 valence electrons. The van der Waals surface area contributed by atoms with Gasteiger partial charge < -0.3 is 9.47 Å². The molecule has 3 heterocycles. The summed E-state index contributed by atoms with van der Waals surface area (Å²) in [5.74, 6) is 2.75. The molecule has 0 aliphatic rings. The maximum Gasteiger partial charge on any atom is 0.291 e. The number of aryl methyl sites for hydroxylation is 1. The highest BCUT2D eigenvalue weighted by molar-refractivity contribution is 7.15. The third-order valence-corrected chi connectivity index (χ3v) is 8.22. The van der Waals surface area contributed by atoms with Crippen LogP contribution in [0.5, 0.6) is 11.5 Å². The maximum absolute atomic E-state index is 13.4. The molecular formula is C36H35N5O3S. The Morgan fingerprint density at radius 3 is 2.47 bits per heavy atom. The van der Waals surface area contributed by atoms with Gasteiger partial charge in [0, 0.05) is 17.3 Å². The maximum atomic E-state index is 13.4. The highest BCUT2D eigenvalue weighted by atomic mass is 32.1. The summed E-state index contributed by atoms with van der Waals surface area (Å²) in [5.41, 5.74) is 5.27. The summed E-state index contributed by atoms with van der Waals surface area (Å²) >= 11 is 1.31. The molecule has 8 nitrogen and oxygen atoms in total. The second kappa shape index (κ2) is 13.3. The van der Waals surface area contributed by atoms with Crippen LogP contribution in [0.15, 0.2) is 83.8 Å². The largest absolute Gasteiger partial charge is 0.494 e. The van der Waals surface area contributed by atoms with Gasteiger partial charge in [0.2, 0.25) is 4.96 Å². The van der Waals surface area contributed by atoms with Crippen molar-refractivity contribution in [1.82, 2.24) is 24.4 Å². The van der Waals surface area contributed by atoms with Gasteiger partial charge in [-0.25, -0.2) is 4.68 Å². The van der Waals surface area contributed by atoms with Crippen molar-refractivity contribution in [3.63, 3.8) is 0 Å². The van der Waals surface area contributed by atoms with Gasteiger partial charge in [-0.3, -0.25) is 4.79 Å². The molecule has 0 amide bonds. The van der Waals surface area contributed by atoms with Crippen molar-refractivity contribution in [2.45, 2.75) is 34.1 Å². The smallest absolute Gasteiger partial charge is 0.291 e. The van der Waals surface area contributed by atoms with Crippen LogP contribution in [0, 0.1) is 12.8 Å². The van der Waals surface area contributed by atoms with Crippen LogP contribution in [0.25, 0.3) is 40.1 Å². The van der Waals surface area contributed by atoms with Crippen molar-refractivity contribution in [2.75, 3.05) is 13.2 Å². The third kappa shape index (κ3) is 6.89. The zero-order valence-corrected chi connectivity index (χ0v) is 26.6. The van der Waals surface area contributed by atoms with Gasteiger partial charge in [-0.2, -0.15) is 14.6 Å². The lowest BCUT2D eigenvalue weighted by Crippen LogP contribution is -2.23. The number of rotatable bonds is 11. The molecular weight excluding hydrogens is 582 g/mol. The van der Waals surface area contributed by atoms with Crippen LogP contribution < -0.4 is 19.6 Å². The van der Waals surface area contributed by atoms with Crippen molar-refractivity contribution in [2.24, 2.45) is 5.92 Å². The van der Waals surface area contributed by atoms with E-state index in [1.807, 2.05) is 104 Å². The Morgan fingerprint density at radius 2 is 1.76 bits per heavy atom. The fraction of sp³-hybridized carbons (Fsp3) is 0.222. The van der Waals surface area contributed by atoms with Gasteiger partial charge in [-0.15, -0.1) is 5.10 Å². The number of hydrogen-bond donors (Lipinski definition) is 0. The molecule has 0 unspecified atom stereocenters. The van der Waals surface area contributed by atoms with Crippen LogP contribution >= 0.6 is 11.3 Å². The predicted molar refractivity (Wildman–Crippen MR) is 181 cm³/mol. The lowest BCUT2D eigenvalue weighted by atomic mass is 10.0. The Labute approximate surface area is 265 Å². The van der Waals surface area contributed by atoms with Gasteiger partial charge in [0.25, 0.3) is 5.56 Å². The van der Waals surface area contributed by atoms with Gasteiger partial charge in [-0.05, 0) is 91.9 Å². The van der Waals surface area contributed by atoms with E-state index in [-0.39, 0.29) is 5.56 Å². The average molecular weight is 618 g/mol. The fourth-order valence-electron chi connectivity index (χ4n) is 4.87. The second-order valence-electron chi connectivity index (χ2n) is 11.1. The van der Waals surface area contributed by atoms with Crippen LogP contribution in [0.3, 0.4) is 0 Å². The standard InChI is InChI=1S/C36H35N5O3S/c1-5-43-30-15-11-26(12-16-30)13-18-33-37-36-41(38-33)35(42)32(45-36)22-28-23-40(29-9-7-6-8-10-29)39-34(28)27-14-17-31(25(4)21-27)44-20-19-24(2)3/h6-18,21-24H,5,19-20H2,1-4H3/b18-13+,32-22-. The number of fused-ring (bicyclic) bond motifs is 1. The molecule has 45 heavy (non-hydrogen) atoms. The number of ether oxygens (including phenoxy) is 2. The van der Waals surface area contributed by atoms with E-state index in [0.717, 1.165) is 51.6 Å². The summed E-state index contributed by atoms with van der Waals surface area (Å²) < 4.78 is 15.3. The summed E-state index contributed by atoms with van der Waals surface area (Å²) in [6.45, 7) is 9.69. The first-order valence-electron chi connectivity index (χ1n) is 15.1. The van der Waals surface area contributed by atoms with Crippen molar-refractivity contribution >= 4 is 34.5 Å². The Bertz CT molecular complexity index is 2060. The summed E-state index contributed by atoms with van der Waals surface area (Å²) in [5, 5.41) is 9.41. The SMILES string of the molecule is CCOc1ccc(/C=C/c2nc3s/c(=C\c4cn(-c5ccccc5)nc4-c4ccc(OCCC(C)C)c(C)c4)c(=O)n3n2)cc1. The highest BCUT2D eigenvalue weighted by Crippen LogP contribution is 2.29. The van der Waals surface area contributed by atoms with Crippen LogP contribution in [0.1, 0.15) is 49.7 Å². The van der Waals surface area contributed by atoms with E-state index in [1.54, 1.807) is 6.08 Å². The van der Waals surface area contributed by atoms with Gasteiger partial charge >= 0.3 is 0 Å². The molecule has 0 fully saturated rings. The van der Waals surface area contributed by atoms with Crippen LogP contribution in [0.4, 0.5) is 0 Å². The quantitative estimate of drug-likeness (QED) is 0.158. The number of aromatic nitrogens is 5. The monoisotopic (exact) mass is 617 g/mol. The Morgan fingerprint density at radius 1 is 0.956 bits per heavy atom. The van der Waals surface area contributed by atoms with Crippen molar-refractivity contribution in [1.29, 1.82) is 0 Å². The third-order valence-electron chi connectivity index (χ3n) is 7.27. The zero-order chi connectivity index (χ0) is 31.3. The zero-order valence-electron chi connectivity index (χ0n) is 25.8. The minimum absolute atomic E-state index is 0.216. The molecule has 0 radical (unpaired) electrons.